The molecule has 2 N–H and O–H groups in total. The van der Waals surface area contributed by atoms with Gasteiger partial charge in [0.2, 0.25) is 5.76 Å². The lowest BCUT2D eigenvalue weighted by molar-refractivity contribution is -0.192. The monoisotopic (exact) mass is 412 g/mol. The summed E-state index contributed by atoms with van der Waals surface area (Å²) in [6.45, 7) is 3.74. The molecule has 0 aromatic carbocycles. The number of carbonyl (C=O) groups is 2. The lowest BCUT2D eigenvalue weighted by Gasteiger charge is -2.41. The number of piperidine rings is 2. The van der Waals surface area contributed by atoms with Crippen LogP contribution in [0.5, 0.6) is 0 Å². The van der Waals surface area contributed by atoms with Gasteiger partial charge >= 0.3 is 12.1 Å². The number of rotatable bonds is 1. The second kappa shape index (κ2) is 7.56. The first-order chi connectivity index (χ1) is 11.2. The molecular weight excluding hydrogens is 397 g/mol. The van der Waals surface area contributed by atoms with Gasteiger partial charge in [0.25, 0.3) is 5.91 Å². The zero-order valence-electron chi connectivity index (χ0n) is 12.5. The van der Waals surface area contributed by atoms with E-state index in [-0.39, 0.29) is 5.91 Å². The van der Waals surface area contributed by atoms with E-state index in [9.17, 15) is 18.0 Å². The number of hydrogen-bond acceptors (Lipinski definition) is 4. The molecule has 0 spiro atoms. The van der Waals surface area contributed by atoms with Crippen LogP contribution >= 0.6 is 15.9 Å². The molecule has 134 valence electrons. The number of furan rings is 1. The third-order valence-corrected chi connectivity index (χ3v) is 4.46. The molecule has 6 nitrogen and oxygen atoms in total. The van der Waals surface area contributed by atoms with Crippen molar-refractivity contribution in [2.24, 2.45) is 11.8 Å². The molecule has 2 bridgehead atoms. The van der Waals surface area contributed by atoms with Gasteiger partial charge in [0.15, 0.2) is 0 Å². The Morgan fingerprint density at radius 2 is 1.83 bits per heavy atom. The maximum atomic E-state index is 12.3. The normalized spacial score (nSPS) is 23.2. The number of nitrogens with zero attached hydrogens (tertiary/aromatic N) is 1. The molecule has 2 saturated heterocycles. The number of aliphatic carboxylic acids is 1. The Morgan fingerprint density at radius 1 is 1.29 bits per heavy atom. The highest BCUT2D eigenvalue weighted by molar-refractivity contribution is 9.10. The molecular formula is C14H16BrF3N2O4. The first-order valence-electron chi connectivity index (χ1n) is 7.21. The molecule has 2 fully saturated rings. The molecule has 3 rings (SSSR count). The van der Waals surface area contributed by atoms with E-state index in [0.29, 0.717) is 17.6 Å². The minimum absolute atomic E-state index is 0.0125. The van der Waals surface area contributed by atoms with Gasteiger partial charge in [0, 0.05) is 13.1 Å². The van der Waals surface area contributed by atoms with Crippen molar-refractivity contribution >= 4 is 27.8 Å². The van der Waals surface area contributed by atoms with Crippen molar-refractivity contribution in [1.82, 2.24) is 10.2 Å². The van der Waals surface area contributed by atoms with Crippen molar-refractivity contribution in [1.29, 1.82) is 0 Å². The summed E-state index contributed by atoms with van der Waals surface area (Å²) in [5.74, 6) is -1.12. The zero-order valence-corrected chi connectivity index (χ0v) is 14.1. The molecule has 2 aliphatic heterocycles. The average Bonchev–Trinajstić information content (AvgIpc) is 2.92. The lowest BCUT2D eigenvalue weighted by atomic mass is 9.86. The molecule has 24 heavy (non-hydrogen) atoms. The van der Waals surface area contributed by atoms with E-state index in [2.05, 4.69) is 21.2 Å². The van der Waals surface area contributed by atoms with Gasteiger partial charge in [-0.2, -0.15) is 13.2 Å². The Kier molecular flexibility index (Phi) is 5.92. The van der Waals surface area contributed by atoms with E-state index in [1.54, 1.807) is 12.3 Å². The van der Waals surface area contributed by atoms with Crippen molar-refractivity contribution in [2.75, 3.05) is 26.2 Å². The lowest BCUT2D eigenvalue weighted by Crippen LogP contribution is -2.52. The van der Waals surface area contributed by atoms with E-state index in [1.165, 1.54) is 6.42 Å². The molecule has 10 heteroatoms. The molecule has 1 aromatic heterocycles. The van der Waals surface area contributed by atoms with Crippen molar-refractivity contribution in [2.45, 2.75) is 12.6 Å². The van der Waals surface area contributed by atoms with Gasteiger partial charge in [-0.15, -0.1) is 0 Å². The van der Waals surface area contributed by atoms with Crippen molar-refractivity contribution in [3.63, 3.8) is 0 Å². The van der Waals surface area contributed by atoms with Crippen LogP contribution in [-0.4, -0.2) is 54.2 Å². The van der Waals surface area contributed by atoms with Crippen LogP contribution in [0, 0.1) is 11.8 Å². The molecule has 0 unspecified atom stereocenters. The topological polar surface area (TPSA) is 82.8 Å². The minimum atomic E-state index is -5.08. The summed E-state index contributed by atoms with van der Waals surface area (Å²) >= 11 is 3.34. The highest BCUT2D eigenvalue weighted by Gasteiger charge is 2.38. The maximum absolute atomic E-state index is 12.3. The Morgan fingerprint density at radius 3 is 2.25 bits per heavy atom. The summed E-state index contributed by atoms with van der Waals surface area (Å²) in [7, 11) is 0. The molecule has 2 aliphatic rings. The molecule has 1 aromatic rings. The fourth-order valence-corrected chi connectivity index (χ4v) is 3.23. The number of carbonyl (C=O) groups excluding carboxylic acids is 1. The molecule has 1 amide bonds. The van der Waals surface area contributed by atoms with Crippen LogP contribution in [0.2, 0.25) is 0 Å². The number of halogens is 4. The third-order valence-electron chi connectivity index (χ3n) is 3.83. The number of amides is 1. The predicted octanol–water partition coefficient (Wildman–Crippen LogP) is 2.36. The van der Waals surface area contributed by atoms with Gasteiger partial charge in [0.1, 0.15) is 0 Å². The van der Waals surface area contributed by atoms with Gasteiger partial charge in [-0.1, -0.05) is 0 Å². The molecule has 2 atom stereocenters. The van der Waals surface area contributed by atoms with Gasteiger partial charge in [-0.05, 0) is 53.3 Å². The minimum Gasteiger partial charge on any atom is -0.475 e. The van der Waals surface area contributed by atoms with Crippen LogP contribution in [0.25, 0.3) is 0 Å². The van der Waals surface area contributed by atoms with Crippen LogP contribution in [0.3, 0.4) is 0 Å². The number of carboxylic acid groups (broad SMARTS) is 1. The number of carboxylic acids is 1. The summed E-state index contributed by atoms with van der Waals surface area (Å²) in [6.07, 6.45) is -2.29. The van der Waals surface area contributed by atoms with Gasteiger partial charge < -0.3 is 19.7 Å². The van der Waals surface area contributed by atoms with Crippen LogP contribution in [0.15, 0.2) is 21.2 Å². The molecule has 3 heterocycles. The van der Waals surface area contributed by atoms with Crippen molar-refractivity contribution in [3.8, 4) is 0 Å². The molecule has 0 saturated carbocycles. The largest absolute Gasteiger partial charge is 0.490 e. The average molecular weight is 413 g/mol. The Balaban J connectivity index is 0.000000256. The van der Waals surface area contributed by atoms with E-state index in [4.69, 9.17) is 14.3 Å². The predicted molar refractivity (Wildman–Crippen MR) is 80.5 cm³/mol. The van der Waals surface area contributed by atoms with Crippen LogP contribution in [0.1, 0.15) is 17.0 Å². The molecule has 0 radical (unpaired) electrons. The second-order valence-corrected chi connectivity index (χ2v) is 6.59. The van der Waals surface area contributed by atoms with E-state index >= 15 is 0 Å². The number of hydrogen-bond donors (Lipinski definition) is 2. The highest BCUT2D eigenvalue weighted by Crippen LogP contribution is 2.27. The van der Waals surface area contributed by atoms with E-state index in [0.717, 1.165) is 30.7 Å². The van der Waals surface area contributed by atoms with Crippen LogP contribution < -0.4 is 5.32 Å². The Hall–Kier alpha value is -1.55. The van der Waals surface area contributed by atoms with Crippen LogP contribution in [0.4, 0.5) is 13.2 Å². The summed E-state index contributed by atoms with van der Waals surface area (Å²) in [4.78, 5) is 23.1. The summed E-state index contributed by atoms with van der Waals surface area (Å²) < 4.78 is 37.7. The maximum Gasteiger partial charge on any atom is 0.490 e. The number of alkyl halides is 3. The fourth-order valence-electron chi connectivity index (χ4n) is 2.86. The third kappa shape index (κ3) is 4.73. The smallest absolute Gasteiger partial charge is 0.475 e. The number of likely N-dealkylation sites (tertiary alicyclic amines) is 1. The van der Waals surface area contributed by atoms with E-state index in [1.807, 2.05) is 4.90 Å². The number of fused-ring (bicyclic) bond motifs is 2. The summed E-state index contributed by atoms with van der Waals surface area (Å²) in [5, 5.41) is 10.5. The van der Waals surface area contributed by atoms with Crippen molar-refractivity contribution < 1.29 is 32.3 Å². The second-order valence-electron chi connectivity index (χ2n) is 5.74. The van der Waals surface area contributed by atoms with E-state index < -0.39 is 12.1 Å². The standard InChI is InChI=1S/C12H15BrN2O2.C2HF3O2/c13-10-1-2-17-11(10)12(16)15-6-8-3-9(7-15)5-14-4-8;3-2(4,5)1(6)7/h1-2,8-9,14H,3-7H2;(H,6,7)/t8-,9+;. The Bertz CT molecular complexity index is 593. The highest BCUT2D eigenvalue weighted by atomic mass is 79.9. The Labute approximate surface area is 144 Å². The first-order valence-corrected chi connectivity index (χ1v) is 8.01. The number of nitrogens with one attached hydrogen (secondary N) is 1. The fraction of sp³-hybridized carbons (Fsp3) is 0.571. The van der Waals surface area contributed by atoms with Gasteiger partial charge in [-0.3, -0.25) is 4.79 Å². The summed E-state index contributed by atoms with van der Waals surface area (Å²) in [5.41, 5.74) is 0. The van der Waals surface area contributed by atoms with Gasteiger partial charge in [0.05, 0.1) is 10.7 Å². The SMILES string of the molecule is O=C(O)C(F)(F)F.O=C(c1occc1Br)N1C[C@@H]2CNC[C@@H](C2)C1. The zero-order chi connectivity index (χ0) is 17.9. The van der Waals surface area contributed by atoms with Gasteiger partial charge in [-0.25, -0.2) is 4.79 Å². The molecule has 0 aliphatic carbocycles. The first kappa shape index (κ1) is 18.8. The van der Waals surface area contributed by atoms with Crippen LogP contribution in [-0.2, 0) is 4.79 Å². The summed E-state index contributed by atoms with van der Waals surface area (Å²) in [6, 6.07) is 1.76. The van der Waals surface area contributed by atoms with Crippen molar-refractivity contribution in [3.05, 3.63) is 22.6 Å². The quantitative estimate of drug-likeness (QED) is 0.739.